The van der Waals surface area contributed by atoms with Crippen LogP contribution in [-0.2, 0) is 9.47 Å². The molecule has 4 aliphatic rings. The van der Waals surface area contributed by atoms with Crippen LogP contribution < -0.4 is 0 Å². The van der Waals surface area contributed by atoms with Crippen LogP contribution in [0.15, 0.2) is 0 Å². The smallest absolute Gasteiger partial charge is 0.174 e. The van der Waals surface area contributed by atoms with Crippen molar-refractivity contribution in [3.8, 4) is 0 Å². The Bertz CT molecular complexity index is 420. The molecule has 0 radical (unpaired) electrons. The van der Waals surface area contributed by atoms with E-state index in [1.54, 1.807) is 0 Å². The number of aliphatic hydroxyl groups is 1. The summed E-state index contributed by atoms with van der Waals surface area (Å²) in [4.78, 5) is 0. The van der Waals surface area contributed by atoms with E-state index in [0.717, 1.165) is 26.1 Å². The molecular weight excluding hydrogens is 240 g/mol. The third-order valence-electron chi connectivity index (χ3n) is 7.36. The molecule has 4 bridgehead atoms. The van der Waals surface area contributed by atoms with E-state index in [2.05, 4.69) is 13.8 Å². The van der Waals surface area contributed by atoms with Gasteiger partial charge in [-0.1, -0.05) is 13.8 Å². The molecule has 1 spiro atoms. The summed E-state index contributed by atoms with van der Waals surface area (Å²) < 4.78 is 12.2. The van der Waals surface area contributed by atoms with Gasteiger partial charge in [-0.05, 0) is 44.4 Å². The Morgan fingerprint density at radius 1 is 1.16 bits per heavy atom. The summed E-state index contributed by atoms with van der Waals surface area (Å²) in [5, 5.41) is 10.8. The third-order valence-corrected chi connectivity index (χ3v) is 7.36. The van der Waals surface area contributed by atoms with Crippen LogP contribution in [-0.4, -0.2) is 29.7 Å². The minimum Gasteiger partial charge on any atom is -0.390 e. The molecule has 4 rings (SSSR count). The molecule has 0 aromatic rings. The van der Waals surface area contributed by atoms with Crippen molar-refractivity contribution in [1.82, 2.24) is 0 Å². The van der Waals surface area contributed by atoms with Gasteiger partial charge >= 0.3 is 0 Å². The highest BCUT2D eigenvalue weighted by Crippen LogP contribution is 2.81. The lowest BCUT2D eigenvalue weighted by Gasteiger charge is -2.52. The average molecular weight is 266 g/mol. The second-order valence-corrected chi connectivity index (χ2v) is 8.16. The minimum atomic E-state index is -0.599. The number of rotatable bonds is 1. The van der Waals surface area contributed by atoms with Crippen LogP contribution in [0.25, 0.3) is 0 Å². The Morgan fingerprint density at radius 3 is 2.37 bits per heavy atom. The van der Waals surface area contributed by atoms with Gasteiger partial charge in [0.25, 0.3) is 0 Å². The zero-order valence-electron chi connectivity index (χ0n) is 12.5. The highest BCUT2D eigenvalue weighted by atomic mass is 16.7. The Labute approximate surface area is 115 Å². The van der Waals surface area contributed by atoms with Gasteiger partial charge in [-0.25, -0.2) is 0 Å². The van der Waals surface area contributed by atoms with Crippen LogP contribution in [0.5, 0.6) is 0 Å². The highest BCUT2D eigenvalue weighted by molar-refractivity contribution is 5.27. The van der Waals surface area contributed by atoms with Crippen molar-refractivity contribution in [2.24, 2.45) is 28.6 Å². The predicted octanol–water partition coefficient (Wildman–Crippen LogP) is 2.57. The summed E-state index contributed by atoms with van der Waals surface area (Å²) in [5.74, 6) is 1.05. The van der Waals surface area contributed by atoms with Crippen LogP contribution in [0.1, 0.15) is 47.0 Å². The van der Waals surface area contributed by atoms with E-state index in [9.17, 15) is 5.11 Å². The fraction of sp³-hybridized carbons (Fsp3) is 1.00. The molecular formula is C16H26O3. The van der Waals surface area contributed by atoms with Crippen molar-refractivity contribution in [3.05, 3.63) is 0 Å². The molecule has 0 aromatic heterocycles. The molecule has 0 aromatic carbocycles. The molecule has 3 aliphatic carbocycles. The number of hydrogen-bond acceptors (Lipinski definition) is 3. The molecule has 3 heteroatoms. The second kappa shape index (κ2) is 3.20. The van der Waals surface area contributed by atoms with Crippen molar-refractivity contribution >= 4 is 0 Å². The molecule has 19 heavy (non-hydrogen) atoms. The standard InChI is InChI=1S/C16H26O3/c1-10-12-14(4)5-6-15(12,13(2,3)17)9-11(14)16(10)18-7-8-19-16/h10-12,17H,5-9H2,1-4H3/t10-,11-,12+,14-,15-/m0/s1. The predicted molar refractivity (Wildman–Crippen MR) is 71.5 cm³/mol. The van der Waals surface area contributed by atoms with E-state index in [0.29, 0.717) is 23.2 Å². The van der Waals surface area contributed by atoms with E-state index in [1.165, 1.54) is 6.42 Å². The van der Waals surface area contributed by atoms with Gasteiger partial charge in [0.1, 0.15) is 0 Å². The first-order valence-electron chi connectivity index (χ1n) is 7.78. The lowest BCUT2D eigenvalue weighted by molar-refractivity contribution is -0.254. The molecule has 1 aliphatic heterocycles. The van der Waals surface area contributed by atoms with Crippen LogP contribution in [0, 0.1) is 28.6 Å². The van der Waals surface area contributed by atoms with Crippen LogP contribution in [0.3, 0.4) is 0 Å². The fourth-order valence-electron chi connectivity index (χ4n) is 6.70. The minimum absolute atomic E-state index is 0.0758. The molecule has 1 N–H and O–H groups in total. The number of ether oxygens (including phenoxy) is 2. The lowest BCUT2D eigenvalue weighted by atomic mass is 9.59. The summed E-state index contributed by atoms with van der Waals surface area (Å²) in [5.41, 5.74) is -0.227. The van der Waals surface area contributed by atoms with Crippen molar-refractivity contribution < 1.29 is 14.6 Å². The Balaban J connectivity index is 1.83. The van der Waals surface area contributed by atoms with Crippen LogP contribution in [0.4, 0.5) is 0 Å². The van der Waals surface area contributed by atoms with Gasteiger partial charge in [-0.3, -0.25) is 0 Å². The monoisotopic (exact) mass is 266 g/mol. The summed E-state index contributed by atoms with van der Waals surface area (Å²) in [6.07, 6.45) is 3.45. The van der Waals surface area contributed by atoms with Crippen molar-refractivity contribution in [3.63, 3.8) is 0 Å². The summed E-state index contributed by atoms with van der Waals surface area (Å²) in [6.45, 7) is 10.2. The first-order chi connectivity index (χ1) is 8.78. The molecule has 4 fully saturated rings. The Hall–Kier alpha value is -0.120. The zero-order valence-corrected chi connectivity index (χ0v) is 12.5. The van der Waals surface area contributed by atoms with Crippen molar-refractivity contribution in [1.29, 1.82) is 0 Å². The summed E-state index contributed by atoms with van der Waals surface area (Å²) >= 11 is 0. The van der Waals surface area contributed by atoms with Crippen molar-refractivity contribution in [2.45, 2.75) is 58.3 Å². The zero-order chi connectivity index (χ0) is 13.7. The van der Waals surface area contributed by atoms with Gasteiger partial charge in [0.05, 0.1) is 18.8 Å². The molecule has 108 valence electrons. The maximum absolute atomic E-state index is 10.8. The molecule has 3 saturated carbocycles. The lowest BCUT2D eigenvalue weighted by Crippen LogP contribution is -2.55. The topological polar surface area (TPSA) is 38.7 Å². The van der Waals surface area contributed by atoms with Gasteiger partial charge in [0, 0.05) is 17.3 Å². The molecule has 1 heterocycles. The maximum atomic E-state index is 10.8. The van der Waals surface area contributed by atoms with E-state index < -0.39 is 5.60 Å². The van der Waals surface area contributed by atoms with Gasteiger partial charge in [0.2, 0.25) is 0 Å². The van der Waals surface area contributed by atoms with Gasteiger partial charge in [0.15, 0.2) is 5.79 Å². The van der Waals surface area contributed by atoms with Crippen molar-refractivity contribution in [2.75, 3.05) is 13.2 Å². The number of fused-ring (bicyclic) bond motifs is 1. The maximum Gasteiger partial charge on any atom is 0.174 e. The van der Waals surface area contributed by atoms with E-state index in [-0.39, 0.29) is 11.2 Å². The average Bonchev–Trinajstić information content (AvgIpc) is 2.98. The SMILES string of the molecule is C[C@H]1[C@@H]2[C@@]3(C)CC[C@]2(C(C)(C)O)C[C@@H]3C12OCCO2. The first-order valence-corrected chi connectivity index (χ1v) is 7.78. The van der Waals surface area contributed by atoms with Crippen LogP contribution in [0.2, 0.25) is 0 Å². The largest absolute Gasteiger partial charge is 0.390 e. The first kappa shape index (κ1) is 12.6. The Kier molecular flexibility index (Phi) is 2.13. The van der Waals surface area contributed by atoms with Gasteiger partial charge in [-0.2, -0.15) is 0 Å². The molecule has 3 nitrogen and oxygen atoms in total. The molecule has 0 unspecified atom stereocenters. The summed E-state index contributed by atoms with van der Waals surface area (Å²) in [7, 11) is 0. The normalized spacial score (nSPS) is 54.5. The van der Waals surface area contributed by atoms with E-state index in [4.69, 9.17) is 9.47 Å². The molecule has 5 atom stereocenters. The molecule has 0 amide bonds. The van der Waals surface area contributed by atoms with Gasteiger partial charge in [-0.15, -0.1) is 0 Å². The van der Waals surface area contributed by atoms with Gasteiger partial charge < -0.3 is 14.6 Å². The van der Waals surface area contributed by atoms with E-state index in [1.807, 2.05) is 13.8 Å². The third kappa shape index (κ3) is 1.10. The molecule has 1 saturated heterocycles. The Morgan fingerprint density at radius 2 is 1.79 bits per heavy atom. The van der Waals surface area contributed by atoms with Crippen LogP contribution >= 0.6 is 0 Å². The second-order valence-electron chi connectivity index (χ2n) is 8.16. The summed E-state index contributed by atoms with van der Waals surface area (Å²) in [6, 6.07) is 0. The fourth-order valence-corrected chi connectivity index (χ4v) is 6.70. The quantitative estimate of drug-likeness (QED) is 0.793. The highest BCUT2D eigenvalue weighted by Gasteiger charge is 2.81. The number of hydrogen-bond donors (Lipinski definition) is 1. The van der Waals surface area contributed by atoms with E-state index >= 15 is 0 Å².